The summed E-state index contributed by atoms with van der Waals surface area (Å²) < 4.78 is 18.9. The van der Waals surface area contributed by atoms with E-state index in [0.29, 0.717) is 11.7 Å². The van der Waals surface area contributed by atoms with Gasteiger partial charge in [0.05, 0.1) is 7.11 Å². The molecule has 0 radical (unpaired) electrons. The zero-order chi connectivity index (χ0) is 14.5. The van der Waals surface area contributed by atoms with Gasteiger partial charge in [0.2, 0.25) is 0 Å². The summed E-state index contributed by atoms with van der Waals surface area (Å²) in [5, 5.41) is 3.55. The topological polar surface area (TPSA) is 21.3 Å². The average Bonchev–Trinajstić information content (AvgIpc) is 2.44. The Morgan fingerprint density at radius 3 is 2.80 bits per heavy atom. The fourth-order valence-corrected chi connectivity index (χ4v) is 3.44. The van der Waals surface area contributed by atoms with Gasteiger partial charge in [0.25, 0.3) is 0 Å². The van der Waals surface area contributed by atoms with E-state index in [4.69, 9.17) is 4.74 Å². The summed E-state index contributed by atoms with van der Waals surface area (Å²) >= 11 is 0. The number of nitrogens with one attached hydrogen (secondary N) is 1. The van der Waals surface area contributed by atoms with E-state index in [0.717, 1.165) is 18.0 Å². The molecule has 3 heteroatoms. The summed E-state index contributed by atoms with van der Waals surface area (Å²) in [7, 11) is 1.50. The van der Waals surface area contributed by atoms with E-state index < -0.39 is 0 Å². The Kier molecular flexibility index (Phi) is 5.41. The third-order valence-electron chi connectivity index (χ3n) is 4.41. The predicted octanol–water partition coefficient (Wildman–Crippen LogP) is 4.31. The van der Waals surface area contributed by atoms with E-state index in [1.54, 1.807) is 12.1 Å². The van der Waals surface area contributed by atoms with Crippen molar-refractivity contribution in [2.45, 2.75) is 45.6 Å². The van der Waals surface area contributed by atoms with Gasteiger partial charge in [0.15, 0.2) is 11.6 Å². The van der Waals surface area contributed by atoms with Crippen LogP contribution < -0.4 is 10.1 Å². The highest BCUT2D eigenvalue weighted by molar-refractivity contribution is 5.31. The first-order valence-corrected chi connectivity index (χ1v) is 7.72. The molecule has 1 aliphatic carbocycles. The molecule has 3 atom stereocenters. The zero-order valence-corrected chi connectivity index (χ0v) is 12.8. The Balaban J connectivity index is 2.21. The molecule has 2 nitrogen and oxygen atoms in total. The van der Waals surface area contributed by atoms with Crippen LogP contribution in [0.4, 0.5) is 4.39 Å². The first kappa shape index (κ1) is 15.3. The van der Waals surface area contributed by atoms with Crippen LogP contribution in [0, 0.1) is 17.7 Å². The van der Waals surface area contributed by atoms with E-state index in [2.05, 4.69) is 19.2 Å². The minimum absolute atomic E-state index is 0.253. The summed E-state index contributed by atoms with van der Waals surface area (Å²) in [4.78, 5) is 0. The second kappa shape index (κ2) is 7.07. The van der Waals surface area contributed by atoms with Gasteiger partial charge in [-0.25, -0.2) is 4.39 Å². The number of ether oxygens (including phenoxy) is 1. The molecule has 1 fully saturated rings. The van der Waals surface area contributed by atoms with Crippen LogP contribution in [0.25, 0.3) is 0 Å². The lowest BCUT2D eigenvalue weighted by atomic mass is 9.76. The maximum absolute atomic E-state index is 13.9. The highest BCUT2D eigenvalue weighted by Crippen LogP contribution is 2.37. The average molecular weight is 279 g/mol. The van der Waals surface area contributed by atoms with Crippen LogP contribution in [-0.4, -0.2) is 13.7 Å². The Bertz CT molecular complexity index is 435. The molecule has 0 aliphatic heterocycles. The number of halogens is 1. The molecule has 0 amide bonds. The van der Waals surface area contributed by atoms with Crippen LogP contribution in [0.3, 0.4) is 0 Å². The van der Waals surface area contributed by atoms with Crippen molar-refractivity contribution >= 4 is 0 Å². The number of benzene rings is 1. The van der Waals surface area contributed by atoms with Crippen molar-refractivity contribution in [1.29, 1.82) is 0 Å². The lowest BCUT2D eigenvalue weighted by Crippen LogP contribution is -2.31. The number of methoxy groups -OCH3 is 1. The highest BCUT2D eigenvalue weighted by Gasteiger charge is 2.27. The maximum Gasteiger partial charge on any atom is 0.165 e. The number of hydrogen-bond donors (Lipinski definition) is 1. The van der Waals surface area contributed by atoms with Crippen LogP contribution in [0.2, 0.25) is 0 Å². The van der Waals surface area contributed by atoms with Gasteiger partial charge in [-0.15, -0.1) is 0 Å². The van der Waals surface area contributed by atoms with Crippen LogP contribution >= 0.6 is 0 Å². The van der Waals surface area contributed by atoms with Crippen molar-refractivity contribution in [3.63, 3.8) is 0 Å². The van der Waals surface area contributed by atoms with Crippen LogP contribution in [-0.2, 0) is 0 Å². The molecule has 0 bridgehead atoms. The lowest BCUT2D eigenvalue weighted by molar-refractivity contribution is 0.225. The van der Waals surface area contributed by atoms with E-state index in [-0.39, 0.29) is 11.9 Å². The second-order valence-electron chi connectivity index (χ2n) is 5.96. The minimum atomic E-state index is -0.267. The van der Waals surface area contributed by atoms with Crippen molar-refractivity contribution in [3.05, 3.63) is 29.6 Å². The summed E-state index contributed by atoms with van der Waals surface area (Å²) in [5.41, 5.74) is 1.05. The molecule has 1 aliphatic rings. The van der Waals surface area contributed by atoms with Crippen LogP contribution in [0.1, 0.15) is 51.1 Å². The van der Waals surface area contributed by atoms with Crippen molar-refractivity contribution in [2.75, 3.05) is 13.7 Å². The van der Waals surface area contributed by atoms with Crippen LogP contribution in [0.5, 0.6) is 5.75 Å². The fraction of sp³-hybridized carbons (Fsp3) is 0.647. The summed E-state index contributed by atoms with van der Waals surface area (Å²) in [6.07, 6.45) is 5.07. The molecular formula is C17H26FNO. The molecule has 0 spiro atoms. The Labute approximate surface area is 121 Å². The first-order valence-electron chi connectivity index (χ1n) is 7.72. The van der Waals surface area contributed by atoms with E-state index in [1.165, 1.54) is 32.8 Å². The van der Waals surface area contributed by atoms with Crippen molar-refractivity contribution in [2.24, 2.45) is 11.8 Å². The Morgan fingerprint density at radius 2 is 2.20 bits per heavy atom. The van der Waals surface area contributed by atoms with Gasteiger partial charge in [-0.3, -0.25) is 0 Å². The molecular weight excluding hydrogens is 253 g/mol. The standard InChI is InChI=1S/C17H26FNO/c1-4-19-17(13-7-5-6-12(2)10-13)14-8-9-16(20-3)15(18)11-14/h8-9,11-13,17,19H,4-7,10H2,1-3H3. The number of rotatable bonds is 5. The molecule has 1 aromatic carbocycles. The Hall–Kier alpha value is -1.09. The summed E-state index contributed by atoms with van der Waals surface area (Å²) in [6, 6.07) is 5.62. The summed E-state index contributed by atoms with van der Waals surface area (Å²) in [6.45, 7) is 5.34. The maximum atomic E-state index is 13.9. The monoisotopic (exact) mass is 279 g/mol. The van der Waals surface area contributed by atoms with E-state index >= 15 is 0 Å². The molecule has 1 aromatic rings. The lowest BCUT2D eigenvalue weighted by Gasteiger charge is -2.34. The molecule has 20 heavy (non-hydrogen) atoms. The molecule has 0 heterocycles. The molecule has 0 saturated heterocycles. The third kappa shape index (κ3) is 3.51. The molecule has 1 N–H and O–H groups in total. The van der Waals surface area contributed by atoms with Gasteiger partial charge in [0.1, 0.15) is 0 Å². The SMILES string of the molecule is CCNC(c1ccc(OC)c(F)c1)C1CCCC(C)C1. The van der Waals surface area contributed by atoms with E-state index in [9.17, 15) is 4.39 Å². The van der Waals surface area contributed by atoms with Crippen molar-refractivity contribution < 1.29 is 9.13 Å². The van der Waals surface area contributed by atoms with Crippen LogP contribution in [0.15, 0.2) is 18.2 Å². The van der Waals surface area contributed by atoms with Gasteiger partial charge in [-0.2, -0.15) is 0 Å². The normalized spacial score (nSPS) is 24.4. The van der Waals surface area contributed by atoms with Gasteiger partial charge >= 0.3 is 0 Å². The van der Waals surface area contributed by atoms with Crippen molar-refractivity contribution in [3.8, 4) is 5.75 Å². The molecule has 3 unspecified atom stereocenters. The van der Waals surface area contributed by atoms with Gasteiger partial charge in [-0.1, -0.05) is 32.8 Å². The largest absolute Gasteiger partial charge is 0.494 e. The minimum Gasteiger partial charge on any atom is -0.494 e. The molecule has 112 valence electrons. The quantitative estimate of drug-likeness (QED) is 0.867. The zero-order valence-electron chi connectivity index (χ0n) is 12.8. The fourth-order valence-electron chi connectivity index (χ4n) is 3.44. The predicted molar refractivity (Wildman–Crippen MR) is 80.5 cm³/mol. The van der Waals surface area contributed by atoms with Gasteiger partial charge in [-0.05, 0) is 48.9 Å². The van der Waals surface area contributed by atoms with Gasteiger partial charge < -0.3 is 10.1 Å². The highest BCUT2D eigenvalue weighted by atomic mass is 19.1. The number of hydrogen-bond acceptors (Lipinski definition) is 2. The van der Waals surface area contributed by atoms with Gasteiger partial charge in [0, 0.05) is 6.04 Å². The van der Waals surface area contributed by atoms with Crippen molar-refractivity contribution in [1.82, 2.24) is 5.32 Å². The smallest absolute Gasteiger partial charge is 0.165 e. The van der Waals surface area contributed by atoms with E-state index in [1.807, 2.05) is 6.07 Å². The first-order chi connectivity index (χ1) is 9.65. The second-order valence-corrected chi connectivity index (χ2v) is 5.96. The third-order valence-corrected chi connectivity index (χ3v) is 4.41. The summed E-state index contributed by atoms with van der Waals surface area (Å²) in [5.74, 6) is 1.43. The Morgan fingerprint density at radius 1 is 1.40 bits per heavy atom. The molecule has 2 rings (SSSR count). The molecule has 1 saturated carbocycles. The molecule has 0 aromatic heterocycles.